The van der Waals surface area contributed by atoms with E-state index < -0.39 is 0 Å². The molecular weight excluding hydrogens is 351 g/mol. The molecule has 0 spiro atoms. The van der Waals surface area contributed by atoms with E-state index in [0.29, 0.717) is 37.0 Å². The van der Waals surface area contributed by atoms with Gasteiger partial charge >= 0.3 is 6.03 Å². The first-order valence-electron chi connectivity index (χ1n) is 8.94. The van der Waals surface area contributed by atoms with Gasteiger partial charge in [0.1, 0.15) is 11.6 Å². The summed E-state index contributed by atoms with van der Waals surface area (Å²) in [6.07, 6.45) is 1.52. The summed E-state index contributed by atoms with van der Waals surface area (Å²) in [7, 11) is 0. The average molecular weight is 372 g/mol. The molecular formula is C19H21FN4O3. The van der Waals surface area contributed by atoms with Crippen molar-refractivity contribution in [2.45, 2.75) is 6.04 Å². The first-order chi connectivity index (χ1) is 13.2. The van der Waals surface area contributed by atoms with Gasteiger partial charge in [0.15, 0.2) is 0 Å². The molecule has 7 nitrogen and oxygen atoms in total. The average Bonchev–Trinajstić information content (AvgIpc) is 2.69. The number of nitrogens with zero attached hydrogens (tertiary/aromatic N) is 3. The van der Waals surface area contributed by atoms with E-state index in [2.05, 4.69) is 15.2 Å². The van der Waals surface area contributed by atoms with Crippen LogP contribution in [0.3, 0.4) is 0 Å². The molecule has 2 amide bonds. The maximum Gasteiger partial charge on any atom is 0.321 e. The number of hydrogen-bond acceptors (Lipinski definition) is 5. The summed E-state index contributed by atoms with van der Waals surface area (Å²) in [6.45, 7) is 4.56. The molecule has 1 aromatic heterocycles. The zero-order valence-electron chi connectivity index (χ0n) is 14.8. The smallest absolute Gasteiger partial charge is 0.321 e. The molecule has 0 bridgehead atoms. The number of ether oxygens (including phenoxy) is 2. The zero-order chi connectivity index (χ0) is 18.6. The van der Waals surface area contributed by atoms with Crippen molar-refractivity contribution in [1.82, 2.24) is 14.8 Å². The lowest BCUT2D eigenvalue weighted by molar-refractivity contribution is -0.0355. The van der Waals surface area contributed by atoms with E-state index in [1.807, 2.05) is 0 Å². The van der Waals surface area contributed by atoms with Crippen LogP contribution in [0.15, 0.2) is 42.6 Å². The van der Waals surface area contributed by atoms with Crippen LogP contribution in [0, 0.1) is 5.82 Å². The van der Waals surface area contributed by atoms with Crippen LogP contribution in [-0.2, 0) is 4.74 Å². The number of carbonyl (C=O) groups is 1. The Bertz CT molecular complexity index is 802. The number of fused-ring (bicyclic) bond motifs is 1. The van der Waals surface area contributed by atoms with E-state index in [4.69, 9.17) is 9.47 Å². The SMILES string of the molecule is O=C(Nc1ccc(Oc2cccc(F)c2)nc1)N1CCN2CCOCC2C1. The maximum absolute atomic E-state index is 13.2. The minimum atomic E-state index is -0.375. The topological polar surface area (TPSA) is 66.9 Å². The number of benzene rings is 1. The molecule has 0 aliphatic carbocycles. The number of halogens is 1. The van der Waals surface area contributed by atoms with Crippen LogP contribution in [-0.4, -0.2) is 66.2 Å². The Balaban J connectivity index is 1.33. The fourth-order valence-electron chi connectivity index (χ4n) is 3.30. The monoisotopic (exact) mass is 372 g/mol. The van der Waals surface area contributed by atoms with Gasteiger partial charge in [-0.2, -0.15) is 0 Å². The van der Waals surface area contributed by atoms with Gasteiger partial charge in [-0.3, -0.25) is 4.90 Å². The molecule has 3 heterocycles. The van der Waals surface area contributed by atoms with E-state index >= 15 is 0 Å². The molecule has 2 aromatic rings. The number of pyridine rings is 1. The molecule has 1 aromatic carbocycles. The minimum absolute atomic E-state index is 0.152. The van der Waals surface area contributed by atoms with Crippen molar-refractivity contribution in [3.8, 4) is 11.6 Å². The van der Waals surface area contributed by atoms with E-state index in [9.17, 15) is 9.18 Å². The van der Waals surface area contributed by atoms with E-state index in [1.165, 1.54) is 18.3 Å². The molecule has 1 N–H and O–H groups in total. The highest BCUT2D eigenvalue weighted by Gasteiger charge is 2.31. The first kappa shape index (κ1) is 17.7. The highest BCUT2D eigenvalue weighted by Crippen LogP contribution is 2.21. The molecule has 27 heavy (non-hydrogen) atoms. The van der Waals surface area contributed by atoms with Gasteiger partial charge in [-0.25, -0.2) is 14.2 Å². The van der Waals surface area contributed by atoms with E-state index in [0.717, 1.165) is 19.7 Å². The molecule has 1 atom stereocenters. The van der Waals surface area contributed by atoms with Gasteiger partial charge in [-0.1, -0.05) is 6.07 Å². The van der Waals surface area contributed by atoms with Crippen molar-refractivity contribution < 1.29 is 18.7 Å². The van der Waals surface area contributed by atoms with Crippen LogP contribution in [0.25, 0.3) is 0 Å². The number of piperazine rings is 1. The number of anilines is 1. The summed E-state index contributed by atoms with van der Waals surface area (Å²) >= 11 is 0. The standard InChI is InChI=1S/C19H21FN4O3/c20-14-2-1-3-17(10-14)27-18-5-4-15(11-21-18)22-19(25)24-7-6-23-8-9-26-13-16(23)12-24/h1-5,10-11,16H,6-9,12-13H2,(H,22,25). The fraction of sp³-hybridized carbons (Fsp3) is 0.368. The molecule has 2 aliphatic rings. The van der Waals surface area contributed by atoms with Crippen molar-refractivity contribution >= 4 is 11.7 Å². The summed E-state index contributed by atoms with van der Waals surface area (Å²) in [4.78, 5) is 20.8. The Morgan fingerprint density at radius 2 is 2.19 bits per heavy atom. The predicted octanol–water partition coefficient (Wildman–Crippen LogP) is 2.56. The number of rotatable bonds is 3. The van der Waals surface area contributed by atoms with Gasteiger partial charge < -0.3 is 19.7 Å². The Hall–Kier alpha value is -2.71. The van der Waals surface area contributed by atoms with Gasteiger partial charge in [0.25, 0.3) is 0 Å². The van der Waals surface area contributed by atoms with Crippen LogP contribution in [0.1, 0.15) is 0 Å². The van der Waals surface area contributed by atoms with Crippen LogP contribution < -0.4 is 10.1 Å². The van der Waals surface area contributed by atoms with Crippen molar-refractivity contribution in [2.75, 3.05) is 44.7 Å². The van der Waals surface area contributed by atoms with Crippen LogP contribution in [0.5, 0.6) is 11.6 Å². The lowest BCUT2D eigenvalue weighted by Crippen LogP contribution is -2.59. The third-order valence-electron chi connectivity index (χ3n) is 4.73. The second kappa shape index (κ2) is 7.89. The molecule has 8 heteroatoms. The maximum atomic E-state index is 13.2. The fourth-order valence-corrected chi connectivity index (χ4v) is 3.30. The summed E-state index contributed by atoms with van der Waals surface area (Å²) < 4.78 is 24.2. The zero-order valence-corrected chi connectivity index (χ0v) is 14.8. The Morgan fingerprint density at radius 1 is 1.26 bits per heavy atom. The first-order valence-corrected chi connectivity index (χ1v) is 8.94. The lowest BCUT2D eigenvalue weighted by Gasteiger charge is -2.43. The Morgan fingerprint density at radius 3 is 3.00 bits per heavy atom. The van der Waals surface area contributed by atoms with Crippen molar-refractivity contribution in [3.05, 3.63) is 48.4 Å². The van der Waals surface area contributed by atoms with Gasteiger partial charge in [-0.05, 0) is 18.2 Å². The molecule has 4 rings (SSSR count). The number of morpholine rings is 1. The summed E-state index contributed by atoms with van der Waals surface area (Å²) in [5.74, 6) is 0.318. The van der Waals surface area contributed by atoms with Crippen molar-refractivity contribution in [2.24, 2.45) is 0 Å². The van der Waals surface area contributed by atoms with E-state index in [-0.39, 0.29) is 17.9 Å². The highest BCUT2D eigenvalue weighted by molar-refractivity contribution is 5.89. The second-order valence-electron chi connectivity index (χ2n) is 6.59. The third kappa shape index (κ3) is 4.35. The lowest BCUT2D eigenvalue weighted by atomic mass is 10.1. The summed E-state index contributed by atoms with van der Waals surface area (Å²) in [5, 5.41) is 2.86. The quantitative estimate of drug-likeness (QED) is 0.897. The summed E-state index contributed by atoms with van der Waals surface area (Å²) in [6, 6.07) is 9.29. The number of aromatic nitrogens is 1. The Labute approximate surface area is 156 Å². The normalized spacial score (nSPS) is 20.0. The molecule has 1 unspecified atom stereocenters. The third-order valence-corrected chi connectivity index (χ3v) is 4.73. The predicted molar refractivity (Wildman–Crippen MR) is 97.5 cm³/mol. The van der Waals surface area contributed by atoms with Crippen LogP contribution in [0.4, 0.5) is 14.9 Å². The van der Waals surface area contributed by atoms with Crippen LogP contribution >= 0.6 is 0 Å². The van der Waals surface area contributed by atoms with Gasteiger partial charge in [0.2, 0.25) is 5.88 Å². The second-order valence-corrected chi connectivity index (χ2v) is 6.59. The number of hydrogen-bond donors (Lipinski definition) is 1. The molecule has 0 radical (unpaired) electrons. The summed E-state index contributed by atoms with van der Waals surface area (Å²) in [5.41, 5.74) is 0.578. The van der Waals surface area contributed by atoms with Gasteiger partial charge in [-0.15, -0.1) is 0 Å². The molecule has 2 aliphatic heterocycles. The number of carbonyl (C=O) groups excluding carboxylic acids is 1. The molecule has 2 fully saturated rings. The van der Waals surface area contributed by atoms with Gasteiger partial charge in [0, 0.05) is 38.3 Å². The highest BCUT2D eigenvalue weighted by atomic mass is 19.1. The molecule has 0 saturated carbocycles. The van der Waals surface area contributed by atoms with Crippen molar-refractivity contribution in [3.63, 3.8) is 0 Å². The Kier molecular flexibility index (Phi) is 5.17. The number of amides is 2. The number of nitrogens with one attached hydrogen (secondary N) is 1. The van der Waals surface area contributed by atoms with Crippen molar-refractivity contribution in [1.29, 1.82) is 0 Å². The van der Waals surface area contributed by atoms with Crippen LogP contribution in [0.2, 0.25) is 0 Å². The molecule has 2 saturated heterocycles. The van der Waals surface area contributed by atoms with Gasteiger partial charge in [0.05, 0.1) is 31.1 Å². The molecule has 142 valence electrons. The minimum Gasteiger partial charge on any atom is -0.439 e. The van der Waals surface area contributed by atoms with E-state index in [1.54, 1.807) is 29.2 Å². The largest absolute Gasteiger partial charge is 0.439 e. The number of urea groups is 1.